The van der Waals surface area contributed by atoms with E-state index < -0.39 is 6.10 Å². The van der Waals surface area contributed by atoms with Gasteiger partial charge in [0.2, 0.25) is 0 Å². The summed E-state index contributed by atoms with van der Waals surface area (Å²) in [5, 5.41) is 0. The summed E-state index contributed by atoms with van der Waals surface area (Å²) in [5.74, 6) is -0.289. The predicted octanol–water partition coefficient (Wildman–Crippen LogP) is 1.83. The molecular formula is C13H25NO3. The Kier molecular flexibility index (Phi) is 4.95. The van der Waals surface area contributed by atoms with Crippen LogP contribution in [0.3, 0.4) is 0 Å². The molecule has 1 atom stereocenters. The van der Waals surface area contributed by atoms with Gasteiger partial charge in [-0.15, -0.1) is 0 Å². The largest absolute Gasteiger partial charge is 0.467 e. The van der Waals surface area contributed by atoms with Gasteiger partial charge in [-0.2, -0.15) is 0 Å². The molecule has 0 aliphatic carbocycles. The van der Waals surface area contributed by atoms with Crippen LogP contribution in [0, 0.1) is 0 Å². The van der Waals surface area contributed by atoms with E-state index >= 15 is 0 Å². The van der Waals surface area contributed by atoms with Crippen LogP contribution in [0.1, 0.15) is 40.5 Å². The topological polar surface area (TPSA) is 38.8 Å². The maximum Gasteiger partial charge on any atom is 0.334 e. The third-order valence-electron chi connectivity index (χ3n) is 3.32. The van der Waals surface area contributed by atoms with Gasteiger partial charge in [-0.1, -0.05) is 0 Å². The molecule has 1 fully saturated rings. The number of esters is 1. The molecule has 1 heterocycles. The molecule has 4 nitrogen and oxygen atoms in total. The van der Waals surface area contributed by atoms with Crippen LogP contribution in [0.15, 0.2) is 0 Å². The Labute approximate surface area is 104 Å². The highest BCUT2D eigenvalue weighted by molar-refractivity contribution is 5.73. The molecule has 1 aliphatic heterocycles. The maximum absolute atomic E-state index is 11.3. The minimum absolute atomic E-state index is 0.183. The van der Waals surface area contributed by atoms with Crippen LogP contribution in [0.5, 0.6) is 0 Å². The maximum atomic E-state index is 11.3. The molecule has 0 saturated carbocycles. The van der Waals surface area contributed by atoms with Crippen LogP contribution in [0.4, 0.5) is 0 Å². The van der Waals surface area contributed by atoms with E-state index in [4.69, 9.17) is 4.74 Å². The van der Waals surface area contributed by atoms with Crippen molar-refractivity contribution < 1.29 is 14.3 Å². The first-order chi connectivity index (χ1) is 7.84. The molecule has 0 aromatic carbocycles. The molecule has 1 saturated heterocycles. The molecule has 0 amide bonds. The van der Waals surface area contributed by atoms with Crippen molar-refractivity contribution in [2.75, 3.05) is 20.2 Å². The fourth-order valence-corrected chi connectivity index (χ4v) is 2.17. The van der Waals surface area contributed by atoms with Crippen LogP contribution >= 0.6 is 0 Å². The van der Waals surface area contributed by atoms with Gasteiger partial charge >= 0.3 is 5.97 Å². The van der Waals surface area contributed by atoms with Crippen molar-refractivity contribution in [2.45, 2.75) is 58.3 Å². The number of hydrogen-bond acceptors (Lipinski definition) is 4. The lowest BCUT2D eigenvalue weighted by molar-refractivity contribution is -0.158. The minimum Gasteiger partial charge on any atom is -0.467 e. The van der Waals surface area contributed by atoms with Gasteiger partial charge in [0.15, 0.2) is 6.10 Å². The molecule has 4 heteroatoms. The minimum atomic E-state index is -0.453. The summed E-state index contributed by atoms with van der Waals surface area (Å²) < 4.78 is 10.4. The fourth-order valence-electron chi connectivity index (χ4n) is 2.17. The lowest BCUT2D eigenvalue weighted by atomic mass is 9.99. The molecule has 0 unspecified atom stereocenters. The van der Waals surface area contributed by atoms with Gasteiger partial charge in [0, 0.05) is 18.6 Å². The zero-order valence-electron chi connectivity index (χ0n) is 11.7. The summed E-state index contributed by atoms with van der Waals surface area (Å²) in [6.07, 6.45) is 1.70. The van der Waals surface area contributed by atoms with Crippen molar-refractivity contribution in [1.29, 1.82) is 0 Å². The average molecular weight is 243 g/mol. The van der Waals surface area contributed by atoms with Crippen LogP contribution in [-0.2, 0) is 14.3 Å². The Morgan fingerprint density at radius 2 is 1.82 bits per heavy atom. The second-order valence-electron chi connectivity index (χ2n) is 5.66. The third kappa shape index (κ3) is 4.28. The molecule has 0 bridgehead atoms. The first-order valence-electron chi connectivity index (χ1n) is 6.33. The lowest BCUT2D eigenvalue weighted by Gasteiger charge is -2.41. The van der Waals surface area contributed by atoms with E-state index in [0.717, 1.165) is 25.9 Å². The van der Waals surface area contributed by atoms with E-state index in [-0.39, 0.29) is 17.6 Å². The molecular weight excluding hydrogens is 218 g/mol. The Bertz CT molecular complexity index is 252. The van der Waals surface area contributed by atoms with Crippen molar-refractivity contribution in [1.82, 2.24) is 4.90 Å². The summed E-state index contributed by atoms with van der Waals surface area (Å²) in [7, 11) is 1.39. The van der Waals surface area contributed by atoms with Crippen molar-refractivity contribution in [3.05, 3.63) is 0 Å². The van der Waals surface area contributed by atoms with E-state index in [1.54, 1.807) is 6.92 Å². The fraction of sp³-hybridized carbons (Fsp3) is 0.923. The highest BCUT2D eigenvalue weighted by atomic mass is 16.6. The Hall–Kier alpha value is -0.610. The number of methoxy groups -OCH3 is 1. The molecule has 0 N–H and O–H groups in total. The zero-order chi connectivity index (χ0) is 13.1. The molecule has 1 aliphatic rings. The van der Waals surface area contributed by atoms with Crippen molar-refractivity contribution in [3.63, 3.8) is 0 Å². The molecule has 1 rings (SSSR count). The molecule has 0 aromatic rings. The van der Waals surface area contributed by atoms with E-state index in [9.17, 15) is 4.79 Å². The highest BCUT2D eigenvalue weighted by Crippen LogP contribution is 2.22. The SMILES string of the molecule is COC(=O)[C@@H](C)OC1CCN(C(C)(C)C)CC1. The summed E-state index contributed by atoms with van der Waals surface area (Å²) in [4.78, 5) is 13.7. The van der Waals surface area contributed by atoms with Crippen LogP contribution in [-0.4, -0.2) is 48.8 Å². The summed E-state index contributed by atoms with van der Waals surface area (Å²) in [6, 6.07) is 0. The van der Waals surface area contributed by atoms with Crippen molar-refractivity contribution >= 4 is 5.97 Å². The van der Waals surface area contributed by atoms with E-state index in [2.05, 4.69) is 30.4 Å². The second kappa shape index (κ2) is 5.83. The van der Waals surface area contributed by atoms with Crippen LogP contribution in [0.2, 0.25) is 0 Å². The first-order valence-corrected chi connectivity index (χ1v) is 6.33. The molecule has 0 radical (unpaired) electrons. The summed E-state index contributed by atoms with van der Waals surface area (Å²) >= 11 is 0. The van der Waals surface area contributed by atoms with Crippen LogP contribution in [0.25, 0.3) is 0 Å². The summed E-state index contributed by atoms with van der Waals surface area (Å²) in [6.45, 7) is 10.5. The van der Waals surface area contributed by atoms with Crippen LogP contribution < -0.4 is 0 Å². The molecule has 100 valence electrons. The van der Waals surface area contributed by atoms with E-state index in [0.29, 0.717) is 0 Å². The van der Waals surface area contributed by atoms with Gasteiger partial charge in [0.25, 0.3) is 0 Å². The van der Waals surface area contributed by atoms with Crippen molar-refractivity contribution in [3.8, 4) is 0 Å². The number of ether oxygens (including phenoxy) is 2. The zero-order valence-corrected chi connectivity index (χ0v) is 11.7. The van der Waals surface area contributed by atoms with Gasteiger partial charge in [-0.05, 0) is 40.5 Å². The molecule has 0 spiro atoms. The highest BCUT2D eigenvalue weighted by Gasteiger charge is 2.29. The van der Waals surface area contributed by atoms with Gasteiger partial charge in [-0.25, -0.2) is 4.79 Å². The Morgan fingerprint density at radius 1 is 1.29 bits per heavy atom. The second-order valence-corrected chi connectivity index (χ2v) is 5.66. The first kappa shape index (κ1) is 14.5. The lowest BCUT2D eigenvalue weighted by Crippen LogP contribution is -2.48. The number of hydrogen-bond donors (Lipinski definition) is 0. The monoisotopic (exact) mass is 243 g/mol. The summed E-state index contributed by atoms with van der Waals surface area (Å²) in [5.41, 5.74) is 0.221. The average Bonchev–Trinajstić information content (AvgIpc) is 2.27. The standard InChI is InChI=1S/C13H25NO3/c1-10(12(15)16-5)17-11-6-8-14(9-7-11)13(2,3)4/h10-11H,6-9H2,1-5H3/t10-/m1/s1. The quantitative estimate of drug-likeness (QED) is 0.709. The molecule has 17 heavy (non-hydrogen) atoms. The van der Waals surface area contributed by atoms with Gasteiger partial charge < -0.3 is 9.47 Å². The van der Waals surface area contributed by atoms with Gasteiger partial charge in [0.1, 0.15) is 0 Å². The number of piperidine rings is 1. The normalized spacial score (nSPS) is 21.2. The Morgan fingerprint density at radius 3 is 2.24 bits per heavy atom. The number of rotatable bonds is 3. The molecule has 0 aromatic heterocycles. The third-order valence-corrected chi connectivity index (χ3v) is 3.32. The Balaban J connectivity index is 2.35. The smallest absolute Gasteiger partial charge is 0.334 e. The number of nitrogens with zero attached hydrogens (tertiary/aromatic N) is 1. The number of carbonyl (C=O) groups excluding carboxylic acids is 1. The number of likely N-dealkylation sites (tertiary alicyclic amines) is 1. The van der Waals surface area contributed by atoms with Gasteiger partial charge in [-0.3, -0.25) is 4.90 Å². The number of carbonyl (C=O) groups is 1. The van der Waals surface area contributed by atoms with Crippen molar-refractivity contribution in [2.24, 2.45) is 0 Å². The van der Waals surface area contributed by atoms with Gasteiger partial charge in [0.05, 0.1) is 13.2 Å². The predicted molar refractivity (Wildman–Crippen MR) is 66.9 cm³/mol. The van der Waals surface area contributed by atoms with E-state index in [1.165, 1.54) is 7.11 Å². The van der Waals surface area contributed by atoms with E-state index in [1.807, 2.05) is 0 Å².